The lowest BCUT2D eigenvalue weighted by Gasteiger charge is -2.28. The van der Waals surface area contributed by atoms with Crippen LogP contribution >= 0.6 is 0 Å². The van der Waals surface area contributed by atoms with Crippen LogP contribution < -0.4 is 4.90 Å². The number of hydrogen-bond acceptors (Lipinski definition) is 2. The Morgan fingerprint density at radius 2 is 1.04 bits per heavy atom. The minimum Gasteiger partial charge on any atom is -0.456 e. The maximum Gasteiger partial charge on any atom is 0.135 e. The Balaban J connectivity index is 1.20. The van der Waals surface area contributed by atoms with Gasteiger partial charge in [-0.05, 0) is 98.6 Å². The monoisotopic (exact) mass is 593 g/mol. The van der Waals surface area contributed by atoms with Crippen LogP contribution in [0.3, 0.4) is 0 Å². The van der Waals surface area contributed by atoms with Gasteiger partial charge in [-0.25, -0.2) is 0 Å². The van der Waals surface area contributed by atoms with Crippen LogP contribution in [0.5, 0.6) is 0 Å². The fraction of sp³-hybridized carbons (Fsp3) is 0.0909. The molecule has 1 aromatic heterocycles. The number of para-hydroxylation sites is 1. The zero-order chi connectivity index (χ0) is 31.3. The molecule has 8 rings (SSSR count). The van der Waals surface area contributed by atoms with Crippen molar-refractivity contribution < 1.29 is 4.42 Å². The van der Waals surface area contributed by atoms with Crippen LogP contribution in [0.25, 0.3) is 55.0 Å². The van der Waals surface area contributed by atoms with E-state index in [1.54, 1.807) is 0 Å². The van der Waals surface area contributed by atoms with Gasteiger partial charge in [-0.15, -0.1) is 0 Å². The summed E-state index contributed by atoms with van der Waals surface area (Å²) >= 11 is 0. The molecule has 0 aliphatic carbocycles. The Morgan fingerprint density at radius 1 is 0.435 bits per heavy atom. The van der Waals surface area contributed by atoms with Crippen molar-refractivity contribution in [3.05, 3.63) is 163 Å². The molecule has 0 unspecified atom stereocenters. The first kappa shape index (κ1) is 27.9. The van der Waals surface area contributed by atoms with Crippen LogP contribution in [0.1, 0.15) is 26.3 Å². The molecule has 1 heterocycles. The van der Waals surface area contributed by atoms with Gasteiger partial charge in [0.05, 0.1) is 0 Å². The summed E-state index contributed by atoms with van der Waals surface area (Å²) in [6.45, 7) is 6.80. The average molecular weight is 594 g/mol. The SMILES string of the molecule is CC(C)(C)c1cccc(N(c2ccc(-c3ccc4oc5ccccc5c4c3)cc2)c2ccc(-c3cccc4ccccc34)cc2)c1. The van der Waals surface area contributed by atoms with E-state index >= 15 is 0 Å². The fourth-order valence-electron chi connectivity index (χ4n) is 6.53. The topological polar surface area (TPSA) is 16.4 Å². The third kappa shape index (κ3) is 5.02. The molecular formula is C44H35NO. The van der Waals surface area contributed by atoms with Gasteiger partial charge in [-0.3, -0.25) is 0 Å². The maximum absolute atomic E-state index is 6.08. The zero-order valence-electron chi connectivity index (χ0n) is 26.4. The van der Waals surface area contributed by atoms with Gasteiger partial charge in [0.2, 0.25) is 0 Å². The predicted octanol–water partition coefficient (Wildman–Crippen LogP) is 12.8. The second kappa shape index (κ2) is 11.1. The average Bonchev–Trinajstić information content (AvgIpc) is 3.47. The van der Waals surface area contributed by atoms with Crippen LogP contribution in [-0.2, 0) is 5.41 Å². The van der Waals surface area contributed by atoms with Crippen molar-refractivity contribution in [3.8, 4) is 22.3 Å². The summed E-state index contributed by atoms with van der Waals surface area (Å²) in [5, 5.41) is 4.81. The van der Waals surface area contributed by atoms with Gasteiger partial charge < -0.3 is 9.32 Å². The molecule has 0 bridgehead atoms. The first-order valence-electron chi connectivity index (χ1n) is 15.9. The molecule has 0 saturated carbocycles. The van der Waals surface area contributed by atoms with Gasteiger partial charge in [-0.1, -0.05) is 124 Å². The Morgan fingerprint density at radius 3 is 1.80 bits per heavy atom. The highest BCUT2D eigenvalue weighted by Gasteiger charge is 2.18. The standard InChI is InChI=1S/C44H35NO/c1-44(2,3)34-12-9-13-37(29-34)45(36-25-20-32(21-26-36)39-16-8-11-31-10-4-5-14-38(31)39)35-23-18-30(19-24-35)33-22-27-43-41(28-33)40-15-6-7-17-42(40)46-43/h4-29H,1-3H3. The molecule has 0 saturated heterocycles. The first-order valence-corrected chi connectivity index (χ1v) is 15.9. The highest BCUT2D eigenvalue weighted by Crippen LogP contribution is 2.40. The maximum atomic E-state index is 6.08. The Labute approximate surface area is 270 Å². The summed E-state index contributed by atoms with van der Waals surface area (Å²) in [7, 11) is 0. The number of rotatable bonds is 5. The molecule has 0 aliphatic heterocycles. The zero-order valence-corrected chi connectivity index (χ0v) is 26.4. The van der Waals surface area contributed by atoms with E-state index in [9.17, 15) is 0 Å². The highest BCUT2D eigenvalue weighted by molar-refractivity contribution is 6.06. The molecule has 0 spiro atoms. The third-order valence-corrected chi connectivity index (χ3v) is 9.03. The highest BCUT2D eigenvalue weighted by atomic mass is 16.3. The predicted molar refractivity (Wildman–Crippen MR) is 195 cm³/mol. The van der Waals surface area contributed by atoms with Crippen molar-refractivity contribution >= 4 is 49.8 Å². The molecular weight excluding hydrogens is 558 g/mol. The molecule has 2 nitrogen and oxygen atoms in total. The number of nitrogens with zero attached hydrogens (tertiary/aromatic N) is 1. The Kier molecular flexibility index (Phi) is 6.73. The molecule has 0 amide bonds. The van der Waals surface area contributed by atoms with Crippen LogP contribution in [0.15, 0.2) is 162 Å². The van der Waals surface area contributed by atoms with E-state index in [1.165, 1.54) is 38.6 Å². The molecule has 0 fully saturated rings. The van der Waals surface area contributed by atoms with Crippen LogP contribution in [0.4, 0.5) is 17.1 Å². The van der Waals surface area contributed by atoms with Crippen molar-refractivity contribution in [2.24, 2.45) is 0 Å². The first-order chi connectivity index (χ1) is 22.4. The van der Waals surface area contributed by atoms with E-state index in [0.29, 0.717) is 0 Å². The summed E-state index contributed by atoms with van der Waals surface area (Å²) in [5.74, 6) is 0. The smallest absolute Gasteiger partial charge is 0.135 e. The third-order valence-electron chi connectivity index (χ3n) is 9.03. The molecule has 222 valence electrons. The summed E-state index contributed by atoms with van der Waals surface area (Å²) in [4.78, 5) is 2.36. The number of hydrogen-bond donors (Lipinski definition) is 0. The molecule has 2 heteroatoms. The van der Waals surface area contributed by atoms with E-state index < -0.39 is 0 Å². The molecule has 7 aromatic carbocycles. The van der Waals surface area contributed by atoms with Gasteiger partial charge in [0.1, 0.15) is 11.2 Å². The number of anilines is 3. The van der Waals surface area contributed by atoms with Crippen LogP contribution in [0, 0.1) is 0 Å². The van der Waals surface area contributed by atoms with E-state index in [2.05, 4.69) is 171 Å². The quantitative estimate of drug-likeness (QED) is 0.197. The summed E-state index contributed by atoms with van der Waals surface area (Å²) in [6, 6.07) is 56.7. The van der Waals surface area contributed by atoms with Gasteiger partial charge in [-0.2, -0.15) is 0 Å². The second-order valence-corrected chi connectivity index (χ2v) is 13.1. The fourth-order valence-corrected chi connectivity index (χ4v) is 6.53. The number of fused-ring (bicyclic) bond motifs is 4. The minimum absolute atomic E-state index is 0.0413. The van der Waals surface area contributed by atoms with E-state index in [-0.39, 0.29) is 5.41 Å². The molecule has 0 atom stereocenters. The van der Waals surface area contributed by atoms with Gasteiger partial charge in [0, 0.05) is 27.8 Å². The molecule has 46 heavy (non-hydrogen) atoms. The van der Waals surface area contributed by atoms with Gasteiger partial charge in [0.15, 0.2) is 0 Å². The van der Waals surface area contributed by atoms with E-state index in [4.69, 9.17) is 4.42 Å². The Hall–Kier alpha value is -5.60. The molecule has 0 aliphatic rings. The normalized spacial score (nSPS) is 11.8. The number of benzene rings is 7. The lowest BCUT2D eigenvalue weighted by atomic mass is 9.87. The Bertz CT molecular complexity index is 2330. The van der Waals surface area contributed by atoms with Crippen molar-refractivity contribution in [2.45, 2.75) is 26.2 Å². The lowest BCUT2D eigenvalue weighted by Crippen LogP contribution is -2.14. The summed E-state index contributed by atoms with van der Waals surface area (Å²) < 4.78 is 6.08. The van der Waals surface area contributed by atoms with E-state index in [0.717, 1.165) is 39.0 Å². The van der Waals surface area contributed by atoms with Crippen LogP contribution in [-0.4, -0.2) is 0 Å². The van der Waals surface area contributed by atoms with Crippen molar-refractivity contribution in [2.75, 3.05) is 4.90 Å². The molecule has 0 radical (unpaired) electrons. The van der Waals surface area contributed by atoms with Crippen LogP contribution in [0.2, 0.25) is 0 Å². The lowest BCUT2D eigenvalue weighted by molar-refractivity contribution is 0.590. The summed E-state index contributed by atoms with van der Waals surface area (Å²) in [5.41, 5.74) is 11.4. The number of furan rings is 1. The van der Waals surface area contributed by atoms with E-state index in [1.807, 2.05) is 12.1 Å². The largest absolute Gasteiger partial charge is 0.456 e. The molecule has 0 N–H and O–H groups in total. The van der Waals surface area contributed by atoms with Crippen molar-refractivity contribution in [1.82, 2.24) is 0 Å². The van der Waals surface area contributed by atoms with Gasteiger partial charge in [0.25, 0.3) is 0 Å². The van der Waals surface area contributed by atoms with Gasteiger partial charge >= 0.3 is 0 Å². The minimum atomic E-state index is 0.0413. The van der Waals surface area contributed by atoms with Crippen molar-refractivity contribution in [3.63, 3.8) is 0 Å². The van der Waals surface area contributed by atoms with Crippen molar-refractivity contribution in [1.29, 1.82) is 0 Å². The molecule has 8 aromatic rings. The second-order valence-electron chi connectivity index (χ2n) is 13.1. The summed E-state index contributed by atoms with van der Waals surface area (Å²) in [6.07, 6.45) is 0.